The van der Waals surface area contributed by atoms with Gasteiger partial charge in [0.15, 0.2) is 5.82 Å². The van der Waals surface area contributed by atoms with E-state index in [2.05, 4.69) is 22.3 Å². The van der Waals surface area contributed by atoms with E-state index in [1.807, 2.05) is 12.1 Å². The first kappa shape index (κ1) is 14.8. The molecule has 1 N–H and O–H groups in total. The van der Waals surface area contributed by atoms with Crippen LogP contribution in [0.25, 0.3) is 0 Å². The number of furan rings is 1. The summed E-state index contributed by atoms with van der Waals surface area (Å²) in [4.78, 5) is 14.4. The monoisotopic (exact) mass is 303 g/mol. The maximum atomic E-state index is 12.2. The molecule has 2 aromatic heterocycles. The standard InChI is InChI=1S/C16H21N3O3/c1-11-5-6-19(13(8-11)14-4-3-7-21-14)10-16(20)17-15-9-12(2)22-18-15/h3-4,7,9,11,13H,5-6,8,10H2,1-2H3,(H,17,18,20). The van der Waals surface area contributed by atoms with Gasteiger partial charge in [-0.05, 0) is 44.4 Å². The van der Waals surface area contributed by atoms with Crippen molar-refractivity contribution in [1.82, 2.24) is 10.1 Å². The number of nitrogens with zero attached hydrogens (tertiary/aromatic N) is 2. The molecule has 0 aromatic carbocycles. The third-order valence-electron chi connectivity index (χ3n) is 4.09. The van der Waals surface area contributed by atoms with E-state index in [-0.39, 0.29) is 11.9 Å². The minimum absolute atomic E-state index is 0.0839. The molecule has 2 aromatic rings. The van der Waals surface area contributed by atoms with E-state index >= 15 is 0 Å². The molecule has 0 bridgehead atoms. The van der Waals surface area contributed by atoms with Crippen LogP contribution in [0.5, 0.6) is 0 Å². The minimum atomic E-state index is -0.0839. The van der Waals surface area contributed by atoms with Gasteiger partial charge in [-0.15, -0.1) is 0 Å². The smallest absolute Gasteiger partial charge is 0.239 e. The maximum absolute atomic E-state index is 12.2. The number of nitrogens with one attached hydrogen (secondary N) is 1. The van der Waals surface area contributed by atoms with Crippen LogP contribution in [0, 0.1) is 12.8 Å². The van der Waals surface area contributed by atoms with Gasteiger partial charge in [0.05, 0.1) is 18.8 Å². The molecule has 6 heteroatoms. The Bertz CT molecular complexity index is 620. The summed E-state index contributed by atoms with van der Waals surface area (Å²) in [5.74, 6) is 2.61. The summed E-state index contributed by atoms with van der Waals surface area (Å²) >= 11 is 0. The fourth-order valence-electron chi connectivity index (χ4n) is 2.95. The average Bonchev–Trinajstić information content (AvgIpc) is 3.12. The number of rotatable bonds is 4. The molecule has 2 unspecified atom stereocenters. The molecule has 2 atom stereocenters. The Morgan fingerprint density at radius 1 is 1.55 bits per heavy atom. The number of aromatic nitrogens is 1. The van der Waals surface area contributed by atoms with Gasteiger partial charge in [0, 0.05) is 6.07 Å². The average molecular weight is 303 g/mol. The fourth-order valence-corrected chi connectivity index (χ4v) is 2.95. The highest BCUT2D eigenvalue weighted by Gasteiger charge is 2.30. The molecular formula is C16H21N3O3. The first-order valence-electron chi connectivity index (χ1n) is 7.62. The van der Waals surface area contributed by atoms with Crippen molar-refractivity contribution >= 4 is 11.7 Å². The normalized spacial score (nSPS) is 22.6. The van der Waals surface area contributed by atoms with Crippen LogP contribution in [0.1, 0.15) is 37.3 Å². The van der Waals surface area contributed by atoms with Gasteiger partial charge in [0.2, 0.25) is 5.91 Å². The van der Waals surface area contributed by atoms with E-state index in [0.29, 0.717) is 24.0 Å². The SMILES string of the molecule is Cc1cc(NC(=O)CN2CCC(C)CC2c2ccco2)no1. The molecule has 0 spiro atoms. The van der Waals surface area contributed by atoms with Crippen molar-refractivity contribution in [2.24, 2.45) is 5.92 Å². The molecule has 0 saturated carbocycles. The van der Waals surface area contributed by atoms with Crippen LogP contribution in [-0.4, -0.2) is 29.1 Å². The van der Waals surface area contributed by atoms with E-state index < -0.39 is 0 Å². The van der Waals surface area contributed by atoms with Crippen LogP contribution in [0.4, 0.5) is 5.82 Å². The summed E-state index contributed by atoms with van der Waals surface area (Å²) in [6, 6.07) is 5.74. The number of likely N-dealkylation sites (tertiary alicyclic amines) is 1. The number of hydrogen-bond donors (Lipinski definition) is 1. The molecule has 1 aliphatic rings. The second-order valence-electron chi connectivity index (χ2n) is 6.00. The van der Waals surface area contributed by atoms with Crippen LogP contribution < -0.4 is 5.32 Å². The van der Waals surface area contributed by atoms with Gasteiger partial charge in [-0.25, -0.2) is 0 Å². The van der Waals surface area contributed by atoms with E-state index in [9.17, 15) is 4.79 Å². The Morgan fingerprint density at radius 2 is 2.41 bits per heavy atom. The quantitative estimate of drug-likeness (QED) is 0.940. The molecule has 3 rings (SSSR count). The fraction of sp³-hybridized carbons (Fsp3) is 0.500. The number of amides is 1. The van der Waals surface area contributed by atoms with Crippen LogP contribution in [0.3, 0.4) is 0 Å². The molecule has 118 valence electrons. The minimum Gasteiger partial charge on any atom is -0.468 e. The van der Waals surface area contributed by atoms with Gasteiger partial charge < -0.3 is 14.3 Å². The third kappa shape index (κ3) is 3.39. The number of piperidine rings is 1. The van der Waals surface area contributed by atoms with E-state index in [0.717, 1.165) is 25.1 Å². The van der Waals surface area contributed by atoms with Gasteiger partial charge in [-0.1, -0.05) is 12.1 Å². The topological polar surface area (TPSA) is 71.5 Å². The second-order valence-corrected chi connectivity index (χ2v) is 6.00. The van der Waals surface area contributed by atoms with Crippen LogP contribution >= 0.6 is 0 Å². The van der Waals surface area contributed by atoms with Crippen molar-refractivity contribution in [2.75, 3.05) is 18.4 Å². The first-order valence-corrected chi connectivity index (χ1v) is 7.62. The molecular weight excluding hydrogens is 282 g/mol. The third-order valence-corrected chi connectivity index (χ3v) is 4.09. The lowest BCUT2D eigenvalue weighted by Gasteiger charge is -2.36. The molecule has 0 radical (unpaired) electrons. The highest BCUT2D eigenvalue weighted by atomic mass is 16.5. The van der Waals surface area contributed by atoms with E-state index in [1.165, 1.54) is 0 Å². The molecule has 1 aliphatic heterocycles. The molecule has 1 saturated heterocycles. The largest absolute Gasteiger partial charge is 0.468 e. The van der Waals surface area contributed by atoms with Gasteiger partial charge in [-0.2, -0.15) is 0 Å². The van der Waals surface area contributed by atoms with Gasteiger partial charge in [0.1, 0.15) is 11.5 Å². The number of carbonyl (C=O) groups excluding carboxylic acids is 1. The number of anilines is 1. The summed E-state index contributed by atoms with van der Waals surface area (Å²) in [6.45, 7) is 5.24. The summed E-state index contributed by atoms with van der Waals surface area (Å²) in [6.07, 6.45) is 3.78. The number of aryl methyl sites for hydroxylation is 1. The van der Waals surface area contributed by atoms with Crippen molar-refractivity contribution < 1.29 is 13.7 Å². The zero-order valence-electron chi connectivity index (χ0n) is 12.9. The van der Waals surface area contributed by atoms with E-state index in [1.54, 1.807) is 19.3 Å². The summed E-state index contributed by atoms with van der Waals surface area (Å²) in [5, 5.41) is 6.56. The van der Waals surface area contributed by atoms with Crippen molar-refractivity contribution in [3.05, 3.63) is 36.0 Å². The zero-order valence-corrected chi connectivity index (χ0v) is 12.9. The highest BCUT2D eigenvalue weighted by molar-refractivity contribution is 5.91. The summed E-state index contributed by atoms with van der Waals surface area (Å²) in [5.41, 5.74) is 0. The Morgan fingerprint density at radius 3 is 3.09 bits per heavy atom. The number of carbonyl (C=O) groups is 1. The lowest BCUT2D eigenvalue weighted by atomic mass is 9.91. The Balaban J connectivity index is 1.65. The van der Waals surface area contributed by atoms with Crippen LogP contribution in [0.2, 0.25) is 0 Å². The Hall–Kier alpha value is -2.08. The molecule has 1 amide bonds. The van der Waals surface area contributed by atoms with Gasteiger partial charge >= 0.3 is 0 Å². The highest BCUT2D eigenvalue weighted by Crippen LogP contribution is 2.33. The molecule has 3 heterocycles. The Labute approximate surface area is 129 Å². The molecule has 0 aliphatic carbocycles. The maximum Gasteiger partial charge on any atom is 0.239 e. The first-order chi connectivity index (χ1) is 10.6. The van der Waals surface area contributed by atoms with E-state index in [4.69, 9.17) is 8.94 Å². The Kier molecular flexibility index (Phi) is 4.29. The zero-order chi connectivity index (χ0) is 15.5. The predicted octanol–water partition coefficient (Wildman–Crippen LogP) is 2.99. The molecule has 1 fully saturated rings. The molecule has 6 nitrogen and oxygen atoms in total. The van der Waals surface area contributed by atoms with Gasteiger partial charge in [0.25, 0.3) is 0 Å². The van der Waals surface area contributed by atoms with Crippen molar-refractivity contribution in [2.45, 2.75) is 32.7 Å². The van der Waals surface area contributed by atoms with Crippen LogP contribution in [-0.2, 0) is 4.79 Å². The molecule has 22 heavy (non-hydrogen) atoms. The predicted molar refractivity (Wildman–Crippen MR) is 81.3 cm³/mol. The van der Waals surface area contributed by atoms with Crippen molar-refractivity contribution in [1.29, 1.82) is 0 Å². The lowest BCUT2D eigenvalue weighted by molar-refractivity contribution is -0.118. The summed E-state index contributed by atoms with van der Waals surface area (Å²) < 4.78 is 10.5. The van der Waals surface area contributed by atoms with Crippen LogP contribution in [0.15, 0.2) is 33.4 Å². The van der Waals surface area contributed by atoms with Gasteiger partial charge in [-0.3, -0.25) is 9.69 Å². The number of hydrogen-bond acceptors (Lipinski definition) is 5. The summed E-state index contributed by atoms with van der Waals surface area (Å²) in [7, 11) is 0. The lowest BCUT2D eigenvalue weighted by Crippen LogP contribution is -2.41. The van der Waals surface area contributed by atoms with Crippen molar-refractivity contribution in [3.63, 3.8) is 0 Å². The second kappa shape index (κ2) is 6.36. The van der Waals surface area contributed by atoms with Crippen molar-refractivity contribution in [3.8, 4) is 0 Å².